The van der Waals surface area contributed by atoms with Gasteiger partial charge in [-0.15, -0.1) is 0 Å². The Balaban J connectivity index is 1.87. The maximum Gasteiger partial charge on any atom is 0.0790 e. The summed E-state index contributed by atoms with van der Waals surface area (Å²) in [6, 6.07) is 8.00. The van der Waals surface area contributed by atoms with Crippen LogP contribution in [0, 0.1) is 0 Å². The van der Waals surface area contributed by atoms with Gasteiger partial charge in [-0.1, -0.05) is 42.6 Å². The zero-order chi connectivity index (χ0) is 11.4. The minimum absolute atomic E-state index is 0.134. The van der Waals surface area contributed by atoms with Crippen molar-refractivity contribution in [3.05, 3.63) is 34.9 Å². The molecule has 2 rings (SSSR count). The maximum atomic E-state index is 6.12. The first-order valence-corrected chi connectivity index (χ1v) is 6.31. The summed E-state index contributed by atoms with van der Waals surface area (Å²) >= 11 is 6.12. The summed E-state index contributed by atoms with van der Waals surface area (Å²) in [5.74, 6) is 0. The van der Waals surface area contributed by atoms with E-state index in [0.717, 1.165) is 10.6 Å². The fraction of sp³-hybridized carbons (Fsp3) is 0.538. The molecule has 1 atom stereocenters. The molecule has 0 radical (unpaired) electrons. The second kappa shape index (κ2) is 5.67. The number of hydroxylamine groups is 1. The molecule has 1 fully saturated rings. The van der Waals surface area contributed by atoms with Gasteiger partial charge in [0, 0.05) is 5.02 Å². The van der Waals surface area contributed by atoms with Gasteiger partial charge in [-0.05, 0) is 31.4 Å². The highest BCUT2D eigenvalue weighted by atomic mass is 35.5. The summed E-state index contributed by atoms with van der Waals surface area (Å²) in [4.78, 5) is 5.67. The first-order chi connectivity index (χ1) is 7.77. The lowest BCUT2D eigenvalue weighted by Crippen LogP contribution is -2.24. The Hall–Kier alpha value is -0.570. The molecule has 0 spiro atoms. The van der Waals surface area contributed by atoms with Crippen molar-refractivity contribution >= 4 is 11.6 Å². The van der Waals surface area contributed by atoms with Crippen molar-refractivity contribution in [1.29, 1.82) is 0 Å². The molecule has 1 saturated carbocycles. The van der Waals surface area contributed by atoms with E-state index in [1.165, 1.54) is 25.7 Å². The summed E-state index contributed by atoms with van der Waals surface area (Å²) < 4.78 is 0. The van der Waals surface area contributed by atoms with E-state index in [1.807, 2.05) is 24.3 Å². The van der Waals surface area contributed by atoms with Gasteiger partial charge in [0.15, 0.2) is 0 Å². The molecule has 1 aromatic rings. The van der Waals surface area contributed by atoms with Crippen LogP contribution in [0.1, 0.15) is 44.2 Å². The third-order valence-corrected chi connectivity index (χ3v) is 3.43. The molecule has 1 N–H and O–H groups in total. The Kier molecular flexibility index (Phi) is 4.22. The summed E-state index contributed by atoms with van der Waals surface area (Å²) in [6.45, 7) is 2.07. The van der Waals surface area contributed by atoms with Crippen molar-refractivity contribution in [2.24, 2.45) is 0 Å². The van der Waals surface area contributed by atoms with Crippen LogP contribution in [0.5, 0.6) is 0 Å². The van der Waals surface area contributed by atoms with Crippen LogP contribution in [-0.4, -0.2) is 6.10 Å². The molecule has 3 heteroatoms. The van der Waals surface area contributed by atoms with Crippen molar-refractivity contribution in [3.63, 3.8) is 0 Å². The number of halogens is 1. The highest BCUT2D eigenvalue weighted by Crippen LogP contribution is 2.24. The normalized spacial score (nSPS) is 18.9. The standard InChI is InChI=1S/C13H18ClNO/c1-10(12-8-4-5-9-13(12)14)15-16-11-6-2-3-7-11/h4-5,8-11,15H,2-3,6-7H2,1H3. The molecule has 1 aliphatic carbocycles. The fourth-order valence-electron chi connectivity index (χ4n) is 2.09. The summed E-state index contributed by atoms with van der Waals surface area (Å²) in [5.41, 5.74) is 4.18. The van der Waals surface area contributed by atoms with Crippen LogP contribution in [-0.2, 0) is 4.84 Å². The second-order valence-corrected chi connectivity index (χ2v) is 4.79. The molecule has 1 aromatic carbocycles. The van der Waals surface area contributed by atoms with Crippen LogP contribution in [0.15, 0.2) is 24.3 Å². The average molecular weight is 240 g/mol. The van der Waals surface area contributed by atoms with E-state index in [1.54, 1.807) is 0 Å². The molecule has 0 aromatic heterocycles. The van der Waals surface area contributed by atoms with Crippen LogP contribution in [0.4, 0.5) is 0 Å². The van der Waals surface area contributed by atoms with E-state index in [4.69, 9.17) is 16.4 Å². The van der Waals surface area contributed by atoms with E-state index in [-0.39, 0.29) is 6.04 Å². The Bertz CT molecular complexity index is 336. The Morgan fingerprint density at radius 1 is 1.31 bits per heavy atom. The van der Waals surface area contributed by atoms with Crippen molar-refractivity contribution in [2.75, 3.05) is 0 Å². The summed E-state index contributed by atoms with van der Waals surface area (Å²) in [5, 5.41) is 0.789. The lowest BCUT2D eigenvalue weighted by molar-refractivity contribution is -0.0376. The van der Waals surface area contributed by atoms with Gasteiger partial charge in [0.1, 0.15) is 0 Å². The molecule has 0 saturated heterocycles. The Morgan fingerprint density at radius 2 is 2.00 bits per heavy atom. The molecule has 0 bridgehead atoms. The third-order valence-electron chi connectivity index (χ3n) is 3.09. The highest BCUT2D eigenvalue weighted by molar-refractivity contribution is 6.31. The first kappa shape index (κ1) is 11.9. The Labute approximate surface area is 102 Å². The number of hydrogen-bond donors (Lipinski definition) is 1. The number of benzene rings is 1. The lowest BCUT2D eigenvalue weighted by Gasteiger charge is -2.18. The monoisotopic (exact) mass is 239 g/mol. The number of hydrogen-bond acceptors (Lipinski definition) is 2. The zero-order valence-corrected chi connectivity index (χ0v) is 10.3. The Morgan fingerprint density at radius 3 is 2.69 bits per heavy atom. The maximum absolute atomic E-state index is 6.12. The second-order valence-electron chi connectivity index (χ2n) is 4.39. The van der Waals surface area contributed by atoms with Gasteiger partial charge < -0.3 is 0 Å². The minimum atomic E-state index is 0.134. The molecule has 1 aliphatic rings. The fourth-order valence-corrected chi connectivity index (χ4v) is 2.39. The van der Waals surface area contributed by atoms with E-state index >= 15 is 0 Å². The molecule has 0 heterocycles. The van der Waals surface area contributed by atoms with Gasteiger partial charge in [-0.2, -0.15) is 5.48 Å². The van der Waals surface area contributed by atoms with Crippen LogP contribution < -0.4 is 5.48 Å². The lowest BCUT2D eigenvalue weighted by atomic mass is 10.1. The van der Waals surface area contributed by atoms with E-state index in [2.05, 4.69) is 12.4 Å². The molecular formula is C13H18ClNO. The predicted molar refractivity (Wildman–Crippen MR) is 66.3 cm³/mol. The molecule has 2 nitrogen and oxygen atoms in total. The smallest absolute Gasteiger partial charge is 0.0790 e. The van der Waals surface area contributed by atoms with Crippen molar-refractivity contribution < 1.29 is 4.84 Å². The van der Waals surface area contributed by atoms with Crippen LogP contribution in [0.25, 0.3) is 0 Å². The van der Waals surface area contributed by atoms with Gasteiger partial charge in [0.05, 0.1) is 12.1 Å². The largest absolute Gasteiger partial charge is 0.298 e. The zero-order valence-electron chi connectivity index (χ0n) is 9.58. The van der Waals surface area contributed by atoms with Gasteiger partial charge in [-0.3, -0.25) is 4.84 Å². The first-order valence-electron chi connectivity index (χ1n) is 5.93. The van der Waals surface area contributed by atoms with Gasteiger partial charge in [0.25, 0.3) is 0 Å². The third kappa shape index (κ3) is 2.97. The van der Waals surface area contributed by atoms with Crippen LogP contribution >= 0.6 is 11.6 Å². The van der Waals surface area contributed by atoms with Crippen LogP contribution in [0.3, 0.4) is 0 Å². The minimum Gasteiger partial charge on any atom is -0.298 e. The highest BCUT2D eigenvalue weighted by Gasteiger charge is 2.17. The SMILES string of the molecule is CC(NOC1CCCC1)c1ccccc1Cl. The van der Waals surface area contributed by atoms with Crippen molar-refractivity contribution in [1.82, 2.24) is 5.48 Å². The van der Waals surface area contributed by atoms with Crippen LogP contribution in [0.2, 0.25) is 5.02 Å². The van der Waals surface area contributed by atoms with Gasteiger partial charge in [-0.25, -0.2) is 0 Å². The quantitative estimate of drug-likeness (QED) is 0.806. The molecule has 16 heavy (non-hydrogen) atoms. The van der Waals surface area contributed by atoms with Gasteiger partial charge in [0.2, 0.25) is 0 Å². The number of nitrogens with one attached hydrogen (secondary N) is 1. The molecule has 1 unspecified atom stereocenters. The summed E-state index contributed by atoms with van der Waals surface area (Å²) in [6.07, 6.45) is 5.29. The predicted octanol–water partition coefficient (Wildman–Crippen LogP) is 3.86. The molecule has 88 valence electrons. The average Bonchev–Trinajstić information content (AvgIpc) is 2.79. The molecular weight excluding hydrogens is 222 g/mol. The summed E-state index contributed by atoms with van der Waals surface area (Å²) in [7, 11) is 0. The van der Waals surface area contributed by atoms with E-state index in [9.17, 15) is 0 Å². The molecule has 0 aliphatic heterocycles. The van der Waals surface area contributed by atoms with Crippen molar-refractivity contribution in [2.45, 2.75) is 44.8 Å². The van der Waals surface area contributed by atoms with E-state index < -0.39 is 0 Å². The number of rotatable bonds is 4. The van der Waals surface area contributed by atoms with Crippen molar-refractivity contribution in [3.8, 4) is 0 Å². The van der Waals surface area contributed by atoms with E-state index in [0.29, 0.717) is 6.10 Å². The van der Waals surface area contributed by atoms with Gasteiger partial charge >= 0.3 is 0 Å². The molecule has 0 amide bonds. The topological polar surface area (TPSA) is 21.3 Å².